The number of hydrogen-bond donors (Lipinski definition) is 0. The van der Waals surface area contributed by atoms with Crippen molar-refractivity contribution < 1.29 is 4.74 Å². The number of ether oxygens (including phenoxy) is 1. The van der Waals surface area contributed by atoms with Crippen molar-refractivity contribution in [1.29, 1.82) is 0 Å². The van der Waals surface area contributed by atoms with Gasteiger partial charge in [0.15, 0.2) is 0 Å². The molecule has 1 aromatic heterocycles. The number of thiophene rings is 1. The van der Waals surface area contributed by atoms with Gasteiger partial charge >= 0.3 is 0 Å². The first-order valence-corrected chi connectivity index (χ1v) is 7.55. The van der Waals surface area contributed by atoms with Gasteiger partial charge in [-0.25, -0.2) is 0 Å². The van der Waals surface area contributed by atoms with E-state index in [0.717, 1.165) is 25.0 Å². The first-order chi connectivity index (χ1) is 8.80. The van der Waals surface area contributed by atoms with Gasteiger partial charge in [0.2, 0.25) is 0 Å². The van der Waals surface area contributed by atoms with Gasteiger partial charge in [-0.3, -0.25) is 0 Å². The van der Waals surface area contributed by atoms with Crippen LogP contribution in [0.25, 0.3) is 10.4 Å². The van der Waals surface area contributed by atoms with Crippen LogP contribution in [-0.2, 0) is 5.60 Å². The average Bonchev–Trinajstić information content (AvgIpc) is 2.89. The largest absolute Gasteiger partial charge is 0.482 e. The SMILES string of the molecule is CCCC1(CC)Oc2ccccc2-c2sccc21. The number of fused-ring (bicyclic) bond motifs is 3. The molecule has 1 nitrogen and oxygen atoms in total. The van der Waals surface area contributed by atoms with E-state index in [-0.39, 0.29) is 5.60 Å². The summed E-state index contributed by atoms with van der Waals surface area (Å²) in [4.78, 5) is 1.40. The molecule has 1 aromatic carbocycles. The van der Waals surface area contributed by atoms with Crippen LogP contribution in [0, 0.1) is 0 Å². The highest BCUT2D eigenvalue weighted by atomic mass is 32.1. The molecule has 2 heterocycles. The van der Waals surface area contributed by atoms with E-state index in [1.165, 1.54) is 16.0 Å². The van der Waals surface area contributed by atoms with E-state index in [1.807, 2.05) is 11.3 Å². The molecule has 0 spiro atoms. The van der Waals surface area contributed by atoms with Crippen molar-refractivity contribution >= 4 is 11.3 Å². The average molecular weight is 258 g/mol. The second kappa shape index (κ2) is 4.43. The molecule has 3 rings (SSSR count). The van der Waals surface area contributed by atoms with Gasteiger partial charge in [0.25, 0.3) is 0 Å². The van der Waals surface area contributed by atoms with E-state index >= 15 is 0 Å². The van der Waals surface area contributed by atoms with E-state index in [2.05, 4.69) is 49.6 Å². The first-order valence-electron chi connectivity index (χ1n) is 6.67. The summed E-state index contributed by atoms with van der Waals surface area (Å²) < 4.78 is 6.40. The third-order valence-electron chi connectivity index (χ3n) is 3.82. The number of benzene rings is 1. The lowest BCUT2D eigenvalue weighted by Gasteiger charge is -2.38. The fourth-order valence-corrected chi connectivity index (χ4v) is 3.93. The molecule has 18 heavy (non-hydrogen) atoms. The monoisotopic (exact) mass is 258 g/mol. The maximum Gasteiger partial charge on any atom is 0.135 e. The van der Waals surface area contributed by atoms with Crippen LogP contribution in [0.5, 0.6) is 5.75 Å². The Hall–Kier alpha value is -1.28. The summed E-state index contributed by atoms with van der Waals surface area (Å²) in [6, 6.07) is 10.7. The smallest absolute Gasteiger partial charge is 0.135 e. The topological polar surface area (TPSA) is 9.23 Å². The van der Waals surface area contributed by atoms with Gasteiger partial charge in [0, 0.05) is 16.0 Å². The molecule has 0 fully saturated rings. The van der Waals surface area contributed by atoms with Crippen molar-refractivity contribution in [2.45, 2.75) is 38.7 Å². The van der Waals surface area contributed by atoms with E-state index in [4.69, 9.17) is 4.74 Å². The van der Waals surface area contributed by atoms with E-state index in [0.29, 0.717) is 0 Å². The molecule has 0 amide bonds. The molecular formula is C16H18OS. The molecule has 0 aliphatic carbocycles. The van der Waals surface area contributed by atoms with Crippen molar-refractivity contribution in [2.75, 3.05) is 0 Å². The highest BCUT2D eigenvalue weighted by Gasteiger charge is 2.39. The van der Waals surface area contributed by atoms with Gasteiger partial charge in [-0.2, -0.15) is 0 Å². The molecule has 1 unspecified atom stereocenters. The fraction of sp³-hybridized carbons (Fsp3) is 0.375. The molecule has 2 aromatic rings. The van der Waals surface area contributed by atoms with Crippen molar-refractivity contribution in [3.8, 4) is 16.2 Å². The number of para-hydroxylation sites is 1. The molecule has 0 saturated carbocycles. The summed E-state index contributed by atoms with van der Waals surface area (Å²) in [5.41, 5.74) is 2.52. The Kier molecular flexibility index (Phi) is 2.90. The fourth-order valence-electron chi connectivity index (χ4n) is 2.91. The Balaban J connectivity index is 2.20. The van der Waals surface area contributed by atoms with Crippen molar-refractivity contribution in [2.24, 2.45) is 0 Å². The minimum Gasteiger partial charge on any atom is -0.482 e. The highest BCUT2D eigenvalue weighted by molar-refractivity contribution is 7.13. The van der Waals surface area contributed by atoms with Crippen LogP contribution in [0.2, 0.25) is 0 Å². The quantitative estimate of drug-likeness (QED) is 0.734. The van der Waals surface area contributed by atoms with Crippen molar-refractivity contribution in [3.05, 3.63) is 41.3 Å². The predicted molar refractivity (Wildman–Crippen MR) is 77.3 cm³/mol. The summed E-state index contributed by atoms with van der Waals surface area (Å²) in [5, 5.41) is 2.19. The van der Waals surface area contributed by atoms with Crippen LogP contribution < -0.4 is 4.74 Å². The summed E-state index contributed by atoms with van der Waals surface area (Å²) in [7, 11) is 0. The summed E-state index contributed by atoms with van der Waals surface area (Å²) >= 11 is 1.83. The Morgan fingerprint density at radius 3 is 2.78 bits per heavy atom. The molecule has 1 aliphatic heterocycles. The number of hydrogen-bond acceptors (Lipinski definition) is 2. The maximum absolute atomic E-state index is 6.40. The Morgan fingerprint density at radius 1 is 1.17 bits per heavy atom. The molecule has 0 bridgehead atoms. The molecule has 0 radical (unpaired) electrons. The van der Waals surface area contributed by atoms with Crippen molar-refractivity contribution in [1.82, 2.24) is 0 Å². The maximum atomic E-state index is 6.40. The van der Waals surface area contributed by atoms with Gasteiger partial charge in [0.1, 0.15) is 11.4 Å². The molecular weight excluding hydrogens is 240 g/mol. The minimum absolute atomic E-state index is 0.113. The van der Waals surface area contributed by atoms with E-state index < -0.39 is 0 Å². The number of rotatable bonds is 3. The van der Waals surface area contributed by atoms with Gasteiger partial charge in [-0.1, -0.05) is 32.4 Å². The van der Waals surface area contributed by atoms with Crippen LogP contribution >= 0.6 is 11.3 Å². The van der Waals surface area contributed by atoms with Crippen LogP contribution in [0.15, 0.2) is 35.7 Å². The summed E-state index contributed by atoms with van der Waals surface area (Å²) in [6.45, 7) is 4.46. The van der Waals surface area contributed by atoms with Crippen LogP contribution in [0.1, 0.15) is 38.7 Å². The zero-order chi connectivity index (χ0) is 12.6. The lowest BCUT2D eigenvalue weighted by Crippen LogP contribution is -2.34. The molecule has 0 N–H and O–H groups in total. The Labute approximate surface area is 112 Å². The zero-order valence-electron chi connectivity index (χ0n) is 10.9. The van der Waals surface area contributed by atoms with E-state index in [9.17, 15) is 0 Å². The second-order valence-corrected chi connectivity index (χ2v) is 5.78. The minimum atomic E-state index is -0.113. The molecule has 94 valence electrons. The van der Waals surface area contributed by atoms with Gasteiger partial charge in [0.05, 0.1) is 0 Å². The highest BCUT2D eigenvalue weighted by Crippen LogP contribution is 2.50. The van der Waals surface area contributed by atoms with Gasteiger partial charge in [-0.15, -0.1) is 11.3 Å². The molecule has 2 heteroatoms. The summed E-state index contributed by atoms with van der Waals surface area (Å²) in [5.74, 6) is 1.04. The standard InChI is InChI=1S/C16H18OS/c1-3-10-16(4-2)13-9-11-18-15(13)12-7-5-6-8-14(12)17-16/h5-9,11H,3-4,10H2,1-2H3. The van der Waals surface area contributed by atoms with Crippen LogP contribution in [0.3, 0.4) is 0 Å². The Bertz CT molecular complexity index is 558. The van der Waals surface area contributed by atoms with Gasteiger partial charge < -0.3 is 4.74 Å². The zero-order valence-corrected chi connectivity index (χ0v) is 11.7. The lowest BCUT2D eigenvalue weighted by atomic mass is 9.83. The molecule has 1 aliphatic rings. The third-order valence-corrected chi connectivity index (χ3v) is 4.77. The lowest BCUT2D eigenvalue weighted by molar-refractivity contribution is 0.0492. The van der Waals surface area contributed by atoms with Crippen LogP contribution in [-0.4, -0.2) is 0 Å². The van der Waals surface area contributed by atoms with Gasteiger partial charge in [-0.05, 0) is 36.4 Å². The summed E-state index contributed by atoms with van der Waals surface area (Å²) in [6.07, 6.45) is 3.26. The molecule has 0 saturated heterocycles. The predicted octanol–water partition coefficient (Wildman–Crippen LogP) is 5.21. The van der Waals surface area contributed by atoms with Crippen molar-refractivity contribution in [3.63, 3.8) is 0 Å². The normalized spacial score (nSPS) is 21.0. The van der Waals surface area contributed by atoms with E-state index in [1.54, 1.807) is 0 Å². The first kappa shape index (κ1) is 11.8. The second-order valence-electron chi connectivity index (χ2n) is 4.86. The third kappa shape index (κ3) is 1.59. The molecule has 1 atom stereocenters. The van der Waals surface area contributed by atoms with Crippen LogP contribution in [0.4, 0.5) is 0 Å². The Morgan fingerprint density at radius 2 is 2.00 bits per heavy atom.